The Hall–Kier alpha value is -1.40. The van der Waals surface area contributed by atoms with Gasteiger partial charge in [0.1, 0.15) is 0 Å². The van der Waals surface area contributed by atoms with E-state index < -0.39 is 10.0 Å². The summed E-state index contributed by atoms with van der Waals surface area (Å²) in [5.74, 6) is -0.316. The maximum atomic E-state index is 11.9. The highest BCUT2D eigenvalue weighted by molar-refractivity contribution is 7.89. The maximum absolute atomic E-state index is 11.9. The highest BCUT2D eigenvalue weighted by atomic mass is 32.2. The first-order valence-electron chi connectivity index (χ1n) is 6.28. The number of nitrogens with one attached hydrogen (secondary N) is 2. The first-order chi connectivity index (χ1) is 8.95. The summed E-state index contributed by atoms with van der Waals surface area (Å²) >= 11 is 0. The van der Waals surface area contributed by atoms with E-state index in [1.54, 1.807) is 12.1 Å². The molecule has 0 spiro atoms. The Balaban J connectivity index is 2.51. The number of rotatable bonds is 7. The molecule has 1 aromatic rings. The van der Waals surface area contributed by atoms with Crippen LogP contribution in [-0.4, -0.2) is 27.4 Å². The quantitative estimate of drug-likeness (QED) is 0.739. The predicted octanol–water partition coefficient (Wildman–Crippen LogP) is 1.19. The van der Waals surface area contributed by atoms with Crippen molar-refractivity contribution < 1.29 is 13.2 Å². The normalized spacial score (nSPS) is 11.3. The lowest BCUT2D eigenvalue weighted by molar-refractivity contribution is -0.119. The highest BCUT2D eigenvalue weighted by Crippen LogP contribution is 2.09. The Morgan fingerprint density at radius 1 is 1.21 bits per heavy atom. The van der Waals surface area contributed by atoms with Crippen molar-refractivity contribution in [3.63, 3.8) is 0 Å². The van der Waals surface area contributed by atoms with Gasteiger partial charge in [0.2, 0.25) is 15.9 Å². The Kier molecular flexibility index (Phi) is 5.98. The van der Waals surface area contributed by atoms with E-state index in [2.05, 4.69) is 10.0 Å². The minimum absolute atomic E-state index is 0.166. The van der Waals surface area contributed by atoms with Gasteiger partial charge in [0.05, 0.1) is 11.4 Å². The molecule has 0 radical (unpaired) electrons. The van der Waals surface area contributed by atoms with E-state index in [9.17, 15) is 13.2 Å². The Morgan fingerprint density at radius 3 is 2.42 bits per heavy atom. The molecule has 0 unspecified atom stereocenters. The molecule has 19 heavy (non-hydrogen) atoms. The van der Waals surface area contributed by atoms with Gasteiger partial charge in [-0.3, -0.25) is 4.79 Å². The van der Waals surface area contributed by atoms with Crippen LogP contribution in [0.3, 0.4) is 0 Å². The number of carbonyl (C=O) groups is 1. The molecule has 1 rings (SSSR count). The third-order valence-electron chi connectivity index (χ3n) is 2.61. The fourth-order valence-electron chi connectivity index (χ4n) is 1.43. The number of aryl methyl sites for hydroxylation is 1. The van der Waals surface area contributed by atoms with Crippen LogP contribution in [-0.2, 0) is 14.8 Å². The minimum atomic E-state index is -3.61. The van der Waals surface area contributed by atoms with Crippen molar-refractivity contribution in [2.24, 2.45) is 0 Å². The van der Waals surface area contributed by atoms with Crippen molar-refractivity contribution in [1.29, 1.82) is 0 Å². The smallest absolute Gasteiger partial charge is 0.241 e. The van der Waals surface area contributed by atoms with Crippen molar-refractivity contribution in [2.45, 2.75) is 31.6 Å². The van der Waals surface area contributed by atoms with Crippen LogP contribution in [0.1, 0.15) is 25.3 Å². The number of hydrogen-bond acceptors (Lipinski definition) is 3. The summed E-state index contributed by atoms with van der Waals surface area (Å²) in [5.41, 5.74) is 0.983. The third-order valence-corrected chi connectivity index (χ3v) is 4.02. The van der Waals surface area contributed by atoms with Gasteiger partial charge >= 0.3 is 0 Å². The summed E-state index contributed by atoms with van der Waals surface area (Å²) < 4.78 is 26.1. The standard InChI is InChI=1S/C13H20N2O3S/c1-3-4-9-14-13(16)10-15-19(17,18)12-7-5-11(2)6-8-12/h5-8,15H,3-4,9-10H2,1-2H3,(H,14,16). The zero-order valence-electron chi connectivity index (χ0n) is 11.3. The summed E-state index contributed by atoms with van der Waals surface area (Å²) in [6.45, 7) is 4.23. The van der Waals surface area contributed by atoms with Crippen LogP contribution < -0.4 is 10.0 Å². The summed E-state index contributed by atoms with van der Waals surface area (Å²) in [6.07, 6.45) is 1.87. The minimum Gasteiger partial charge on any atom is -0.355 e. The predicted molar refractivity (Wildman–Crippen MR) is 74.3 cm³/mol. The Morgan fingerprint density at radius 2 is 1.84 bits per heavy atom. The van der Waals surface area contributed by atoms with E-state index in [1.807, 2.05) is 13.8 Å². The molecule has 0 aliphatic carbocycles. The molecular formula is C13H20N2O3S. The van der Waals surface area contributed by atoms with Gasteiger partial charge in [-0.15, -0.1) is 0 Å². The number of amides is 1. The summed E-state index contributed by atoms with van der Waals surface area (Å²) in [4.78, 5) is 11.6. The summed E-state index contributed by atoms with van der Waals surface area (Å²) in [6, 6.07) is 6.48. The zero-order valence-corrected chi connectivity index (χ0v) is 12.1. The van der Waals surface area contributed by atoms with Crippen LogP contribution in [0.5, 0.6) is 0 Å². The van der Waals surface area contributed by atoms with Crippen LogP contribution in [0.15, 0.2) is 29.2 Å². The average molecular weight is 284 g/mol. The second-order valence-electron chi connectivity index (χ2n) is 4.34. The van der Waals surface area contributed by atoms with Crippen molar-refractivity contribution >= 4 is 15.9 Å². The van der Waals surface area contributed by atoms with Gasteiger partial charge < -0.3 is 5.32 Å². The van der Waals surface area contributed by atoms with Gasteiger partial charge in [-0.1, -0.05) is 31.0 Å². The van der Waals surface area contributed by atoms with Crippen LogP contribution in [0.25, 0.3) is 0 Å². The fraction of sp³-hybridized carbons (Fsp3) is 0.462. The van der Waals surface area contributed by atoms with Gasteiger partial charge in [-0.25, -0.2) is 13.1 Å². The number of benzene rings is 1. The van der Waals surface area contributed by atoms with E-state index >= 15 is 0 Å². The number of sulfonamides is 1. The molecule has 0 atom stereocenters. The van der Waals surface area contributed by atoms with E-state index in [4.69, 9.17) is 0 Å². The van der Waals surface area contributed by atoms with Crippen molar-refractivity contribution in [1.82, 2.24) is 10.0 Å². The molecule has 6 heteroatoms. The van der Waals surface area contributed by atoms with Gasteiger partial charge in [0.15, 0.2) is 0 Å². The number of unbranched alkanes of at least 4 members (excludes halogenated alkanes) is 1. The zero-order chi connectivity index (χ0) is 14.3. The third kappa shape index (κ3) is 5.40. The molecule has 0 aliphatic rings. The second-order valence-corrected chi connectivity index (χ2v) is 6.11. The van der Waals surface area contributed by atoms with Crippen molar-refractivity contribution in [2.75, 3.05) is 13.1 Å². The van der Waals surface area contributed by atoms with Crippen LogP contribution in [0.4, 0.5) is 0 Å². The monoisotopic (exact) mass is 284 g/mol. The van der Waals surface area contributed by atoms with E-state index in [1.165, 1.54) is 12.1 Å². The summed E-state index contributed by atoms with van der Waals surface area (Å²) in [5, 5.41) is 2.65. The molecule has 0 fully saturated rings. The first-order valence-corrected chi connectivity index (χ1v) is 7.77. The molecule has 0 bridgehead atoms. The topological polar surface area (TPSA) is 75.3 Å². The Bertz CT molecular complexity index is 509. The molecule has 1 aromatic carbocycles. The molecule has 2 N–H and O–H groups in total. The molecule has 0 saturated carbocycles. The van der Waals surface area contributed by atoms with Crippen molar-refractivity contribution in [3.05, 3.63) is 29.8 Å². The van der Waals surface area contributed by atoms with Crippen LogP contribution in [0, 0.1) is 6.92 Å². The van der Waals surface area contributed by atoms with Crippen LogP contribution >= 0.6 is 0 Å². The van der Waals surface area contributed by atoms with Crippen molar-refractivity contribution in [3.8, 4) is 0 Å². The first kappa shape index (κ1) is 15.7. The molecule has 0 heterocycles. The number of carbonyl (C=O) groups excluding carboxylic acids is 1. The van der Waals surface area contributed by atoms with Gasteiger partial charge in [-0.2, -0.15) is 0 Å². The lowest BCUT2D eigenvalue weighted by atomic mass is 10.2. The molecule has 0 aliphatic heterocycles. The second kappa shape index (κ2) is 7.25. The SMILES string of the molecule is CCCCNC(=O)CNS(=O)(=O)c1ccc(C)cc1. The Labute approximate surface area is 114 Å². The molecular weight excluding hydrogens is 264 g/mol. The lowest BCUT2D eigenvalue weighted by Gasteiger charge is -2.07. The molecule has 1 amide bonds. The van der Waals surface area contributed by atoms with Crippen LogP contribution in [0.2, 0.25) is 0 Å². The van der Waals surface area contributed by atoms with Gasteiger partial charge in [-0.05, 0) is 25.5 Å². The average Bonchev–Trinajstić information content (AvgIpc) is 2.37. The number of hydrogen-bond donors (Lipinski definition) is 2. The molecule has 106 valence electrons. The highest BCUT2D eigenvalue weighted by Gasteiger charge is 2.14. The molecule has 5 nitrogen and oxygen atoms in total. The summed E-state index contributed by atoms with van der Waals surface area (Å²) in [7, 11) is -3.61. The van der Waals surface area contributed by atoms with E-state index in [0.29, 0.717) is 6.54 Å². The lowest BCUT2D eigenvalue weighted by Crippen LogP contribution is -2.37. The van der Waals surface area contributed by atoms with Gasteiger partial charge in [0, 0.05) is 6.54 Å². The molecule has 0 saturated heterocycles. The molecule has 0 aromatic heterocycles. The largest absolute Gasteiger partial charge is 0.355 e. The van der Waals surface area contributed by atoms with Gasteiger partial charge in [0.25, 0.3) is 0 Å². The maximum Gasteiger partial charge on any atom is 0.241 e. The fourth-order valence-corrected chi connectivity index (χ4v) is 2.41. The van der Waals surface area contributed by atoms with E-state index in [0.717, 1.165) is 18.4 Å². The van der Waals surface area contributed by atoms with E-state index in [-0.39, 0.29) is 17.3 Å².